The number of nitrogens with zero attached hydrogens (tertiary/aromatic N) is 2. The second kappa shape index (κ2) is 5.12. The smallest absolute Gasteiger partial charge is 0.253 e. The van der Waals surface area contributed by atoms with Crippen molar-refractivity contribution in [2.75, 3.05) is 26.2 Å². The first kappa shape index (κ1) is 11.1. The van der Waals surface area contributed by atoms with Crippen molar-refractivity contribution < 1.29 is 4.79 Å². The van der Waals surface area contributed by atoms with Gasteiger partial charge >= 0.3 is 0 Å². The predicted octanol–water partition coefficient (Wildman–Crippen LogP) is 1.45. The number of hydrogen-bond acceptors (Lipinski definition) is 1. The van der Waals surface area contributed by atoms with E-state index in [2.05, 4.69) is 5.32 Å². The highest BCUT2D eigenvalue weighted by Gasteiger charge is 2.16. The van der Waals surface area contributed by atoms with E-state index >= 15 is 0 Å². The summed E-state index contributed by atoms with van der Waals surface area (Å²) in [5.41, 5.74) is 1.97. The van der Waals surface area contributed by atoms with Crippen molar-refractivity contribution in [3.05, 3.63) is 35.4 Å². The molecule has 16 heavy (non-hydrogen) atoms. The second-order valence-corrected chi connectivity index (χ2v) is 4.18. The van der Waals surface area contributed by atoms with Gasteiger partial charge in [-0.2, -0.15) is 0 Å². The van der Waals surface area contributed by atoms with Gasteiger partial charge in [-0.1, -0.05) is 17.7 Å². The Morgan fingerprint density at radius 1 is 1.19 bits per heavy atom. The fraction of sp³-hybridized carbons (Fsp3) is 0.462. The van der Waals surface area contributed by atoms with Crippen molar-refractivity contribution in [1.29, 1.82) is 0 Å². The minimum Gasteiger partial charge on any atom is -0.337 e. The highest BCUT2D eigenvalue weighted by atomic mass is 16.2. The first-order valence-electron chi connectivity index (χ1n) is 5.76. The first-order chi connectivity index (χ1) is 7.77. The lowest BCUT2D eigenvalue weighted by Crippen LogP contribution is -2.33. The number of benzene rings is 1. The number of carbonyl (C=O) groups excluding carboxylic acids is 1. The van der Waals surface area contributed by atoms with Crippen LogP contribution in [0.25, 0.3) is 0 Å². The molecule has 2 rings (SSSR count). The maximum Gasteiger partial charge on any atom is 0.253 e. The minimum absolute atomic E-state index is 0.136. The Morgan fingerprint density at radius 2 is 1.94 bits per heavy atom. The zero-order valence-corrected chi connectivity index (χ0v) is 9.65. The van der Waals surface area contributed by atoms with E-state index in [1.165, 1.54) is 5.56 Å². The van der Waals surface area contributed by atoms with Crippen LogP contribution in [0.15, 0.2) is 24.3 Å². The molecule has 0 atom stereocenters. The third-order valence-corrected chi connectivity index (χ3v) is 2.86. The lowest BCUT2D eigenvalue weighted by molar-refractivity contribution is 0.0766. The maximum atomic E-state index is 12.1. The molecule has 0 aromatic heterocycles. The van der Waals surface area contributed by atoms with Crippen molar-refractivity contribution in [3.63, 3.8) is 0 Å². The van der Waals surface area contributed by atoms with Crippen LogP contribution in [-0.2, 0) is 0 Å². The Balaban J connectivity index is 2.08. The van der Waals surface area contributed by atoms with E-state index in [1.807, 2.05) is 36.1 Å². The molecule has 0 spiro atoms. The lowest BCUT2D eigenvalue weighted by Gasteiger charge is -2.19. The Hall–Kier alpha value is -1.35. The van der Waals surface area contributed by atoms with Gasteiger partial charge in [-0.05, 0) is 25.5 Å². The number of carbonyl (C=O) groups is 1. The lowest BCUT2D eigenvalue weighted by atomic mass is 10.1. The molecule has 1 aliphatic heterocycles. The van der Waals surface area contributed by atoms with E-state index in [4.69, 9.17) is 0 Å². The molecule has 1 aromatic rings. The number of rotatable bonds is 1. The van der Waals surface area contributed by atoms with E-state index in [0.717, 1.165) is 38.2 Å². The third-order valence-electron chi connectivity index (χ3n) is 2.86. The largest absolute Gasteiger partial charge is 0.337 e. The fourth-order valence-electron chi connectivity index (χ4n) is 1.87. The van der Waals surface area contributed by atoms with E-state index in [-0.39, 0.29) is 5.91 Å². The molecule has 0 bridgehead atoms. The predicted molar refractivity (Wildman–Crippen MR) is 63.6 cm³/mol. The van der Waals surface area contributed by atoms with Gasteiger partial charge in [0.15, 0.2) is 0 Å². The molecule has 0 unspecified atom stereocenters. The van der Waals surface area contributed by atoms with Crippen LogP contribution >= 0.6 is 0 Å². The molecule has 1 saturated heterocycles. The Kier molecular flexibility index (Phi) is 3.57. The molecule has 0 saturated carbocycles. The fourth-order valence-corrected chi connectivity index (χ4v) is 1.87. The van der Waals surface area contributed by atoms with Gasteiger partial charge in [0.05, 0.1) is 0 Å². The summed E-state index contributed by atoms with van der Waals surface area (Å²) in [5.74, 6) is 0.136. The molecule has 3 heteroatoms. The Morgan fingerprint density at radius 3 is 2.69 bits per heavy atom. The topological polar surface area (TPSA) is 34.4 Å². The van der Waals surface area contributed by atoms with Crippen LogP contribution in [0.1, 0.15) is 22.3 Å². The van der Waals surface area contributed by atoms with Crippen LogP contribution in [0.2, 0.25) is 0 Å². The van der Waals surface area contributed by atoms with Crippen molar-refractivity contribution in [1.82, 2.24) is 10.2 Å². The summed E-state index contributed by atoms with van der Waals surface area (Å²) in [6.45, 7) is 5.28. The van der Waals surface area contributed by atoms with Gasteiger partial charge in [-0.25, -0.2) is 5.32 Å². The van der Waals surface area contributed by atoms with Crippen molar-refractivity contribution in [2.24, 2.45) is 0 Å². The van der Waals surface area contributed by atoms with E-state index < -0.39 is 0 Å². The maximum absolute atomic E-state index is 12.1. The standard InChI is InChI=1S/C13H17N2O/c1-11-3-5-12(6-4-11)13(16)15-9-2-7-14-8-10-15/h3-6H,2,7-10H2,1H3. The Bertz CT molecular complexity index is 351. The summed E-state index contributed by atoms with van der Waals surface area (Å²) in [5, 5.41) is 4.32. The van der Waals surface area contributed by atoms with Crippen LogP contribution in [0.4, 0.5) is 0 Å². The zero-order valence-electron chi connectivity index (χ0n) is 9.65. The highest BCUT2D eigenvalue weighted by molar-refractivity contribution is 5.94. The number of aryl methyl sites for hydroxylation is 1. The SMILES string of the molecule is Cc1ccc(C(=O)N2CCC[N]CC2)cc1. The molecule has 85 valence electrons. The minimum atomic E-state index is 0.136. The van der Waals surface area contributed by atoms with E-state index in [1.54, 1.807) is 0 Å². The zero-order chi connectivity index (χ0) is 11.4. The van der Waals surface area contributed by atoms with Crippen LogP contribution in [0.5, 0.6) is 0 Å². The number of amides is 1. The molecular formula is C13H17N2O. The average Bonchev–Trinajstić information content (AvgIpc) is 2.57. The van der Waals surface area contributed by atoms with Crippen LogP contribution in [-0.4, -0.2) is 37.0 Å². The van der Waals surface area contributed by atoms with Gasteiger partial charge in [0.1, 0.15) is 0 Å². The average molecular weight is 217 g/mol. The van der Waals surface area contributed by atoms with Crippen LogP contribution < -0.4 is 5.32 Å². The summed E-state index contributed by atoms with van der Waals surface area (Å²) in [6, 6.07) is 7.77. The van der Waals surface area contributed by atoms with Crippen molar-refractivity contribution in [3.8, 4) is 0 Å². The molecule has 1 amide bonds. The first-order valence-corrected chi connectivity index (χ1v) is 5.76. The van der Waals surface area contributed by atoms with Gasteiger partial charge in [-0.3, -0.25) is 4.79 Å². The molecule has 1 fully saturated rings. The summed E-state index contributed by atoms with van der Waals surface area (Å²) in [7, 11) is 0. The molecule has 0 N–H and O–H groups in total. The normalized spacial score (nSPS) is 16.9. The van der Waals surface area contributed by atoms with Gasteiger partial charge in [-0.15, -0.1) is 0 Å². The monoisotopic (exact) mass is 217 g/mol. The van der Waals surface area contributed by atoms with Gasteiger partial charge in [0.25, 0.3) is 5.91 Å². The summed E-state index contributed by atoms with van der Waals surface area (Å²) < 4.78 is 0. The molecule has 3 nitrogen and oxygen atoms in total. The van der Waals surface area contributed by atoms with Crippen LogP contribution in [0, 0.1) is 6.92 Å². The summed E-state index contributed by atoms with van der Waals surface area (Å²) in [4.78, 5) is 14.1. The number of hydrogen-bond donors (Lipinski definition) is 0. The summed E-state index contributed by atoms with van der Waals surface area (Å²) >= 11 is 0. The van der Waals surface area contributed by atoms with Crippen molar-refractivity contribution >= 4 is 5.91 Å². The quantitative estimate of drug-likeness (QED) is 0.701. The van der Waals surface area contributed by atoms with Gasteiger partial charge in [0.2, 0.25) is 0 Å². The molecule has 1 radical (unpaired) electrons. The van der Waals surface area contributed by atoms with E-state index in [9.17, 15) is 4.79 Å². The van der Waals surface area contributed by atoms with E-state index in [0.29, 0.717) is 0 Å². The van der Waals surface area contributed by atoms with Gasteiger partial charge < -0.3 is 4.90 Å². The third kappa shape index (κ3) is 2.61. The molecular weight excluding hydrogens is 200 g/mol. The highest BCUT2D eigenvalue weighted by Crippen LogP contribution is 2.08. The van der Waals surface area contributed by atoms with Crippen molar-refractivity contribution in [2.45, 2.75) is 13.3 Å². The summed E-state index contributed by atoms with van der Waals surface area (Å²) in [6.07, 6.45) is 0.984. The van der Waals surface area contributed by atoms with Gasteiger partial charge in [0, 0.05) is 31.7 Å². The molecule has 0 aliphatic carbocycles. The second-order valence-electron chi connectivity index (χ2n) is 4.18. The molecule has 1 heterocycles. The molecule has 1 aliphatic rings. The van der Waals surface area contributed by atoms with Crippen LogP contribution in [0.3, 0.4) is 0 Å². The molecule has 1 aromatic carbocycles. The Labute approximate surface area is 96.5 Å².